The Labute approximate surface area is 163 Å². The Kier molecular flexibility index (Phi) is 6.06. The van der Waals surface area contributed by atoms with Crippen molar-refractivity contribution >= 4 is 22.5 Å². The number of hydrogen-bond acceptors (Lipinski definition) is 4. The molecule has 0 bridgehead atoms. The lowest BCUT2D eigenvalue weighted by Crippen LogP contribution is -2.31. The van der Waals surface area contributed by atoms with Crippen LogP contribution in [0.2, 0.25) is 0 Å². The molecule has 2 N–H and O–H groups in total. The fraction of sp³-hybridized carbons (Fsp3) is 0.286. The van der Waals surface area contributed by atoms with Crippen molar-refractivity contribution in [1.29, 1.82) is 0 Å². The van der Waals surface area contributed by atoms with E-state index in [1.165, 1.54) is 10.2 Å². The summed E-state index contributed by atoms with van der Waals surface area (Å²) in [5.41, 5.74) is 3.46. The topological polar surface area (TPSA) is 85.2 Å². The predicted molar refractivity (Wildman–Crippen MR) is 110 cm³/mol. The van der Waals surface area contributed by atoms with Crippen LogP contribution >= 0.6 is 0 Å². The number of urea groups is 1. The molecule has 146 valence electrons. The third-order valence-corrected chi connectivity index (χ3v) is 4.63. The quantitative estimate of drug-likeness (QED) is 0.688. The lowest BCUT2D eigenvalue weighted by atomic mass is 10.1. The van der Waals surface area contributed by atoms with Gasteiger partial charge in [-0.15, -0.1) is 0 Å². The van der Waals surface area contributed by atoms with Gasteiger partial charge in [0.1, 0.15) is 0 Å². The Morgan fingerprint density at radius 1 is 1.11 bits per heavy atom. The fourth-order valence-electron chi connectivity index (χ4n) is 2.92. The van der Waals surface area contributed by atoms with Crippen LogP contribution in [0, 0.1) is 13.8 Å². The number of carbonyl (C=O) groups excluding carboxylic acids is 1. The second-order valence-corrected chi connectivity index (χ2v) is 6.62. The second-order valence-electron chi connectivity index (χ2n) is 6.62. The normalized spacial score (nSPS) is 10.8. The minimum Gasteiger partial charge on any atom is -0.383 e. The molecule has 2 aromatic carbocycles. The highest BCUT2D eigenvalue weighted by Crippen LogP contribution is 2.15. The number of ether oxygens (including phenoxy) is 1. The van der Waals surface area contributed by atoms with Crippen molar-refractivity contribution in [3.63, 3.8) is 0 Å². The summed E-state index contributed by atoms with van der Waals surface area (Å²) in [6, 6.07) is 12.7. The third kappa shape index (κ3) is 4.37. The summed E-state index contributed by atoms with van der Waals surface area (Å²) in [7, 11) is 1.58. The Morgan fingerprint density at radius 2 is 1.86 bits per heavy atom. The predicted octanol–water partition coefficient (Wildman–Crippen LogP) is 2.98. The van der Waals surface area contributed by atoms with E-state index in [1.54, 1.807) is 13.2 Å². The number of amides is 2. The van der Waals surface area contributed by atoms with Crippen LogP contribution in [-0.4, -0.2) is 29.5 Å². The van der Waals surface area contributed by atoms with Crippen LogP contribution in [0.3, 0.4) is 0 Å². The molecule has 0 saturated heterocycles. The molecule has 28 heavy (non-hydrogen) atoms. The van der Waals surface area contributed by atoms with E-state index in [4.69, 9.17) is 4.74 Å². The van der Waals surface area contributed by atoms with Gasteiger partial charge in [0.05, 0.1) is 30.8 Å². The molecule has 1 heterocycles. The molecular weight excluding hydrogens is 356 g/mol. The maximum Gasteiger partial charge on any atom is 0.319 e. The average Bonchev–Trinajstić information content (AvgIpc) is 2.69. The summed E-state index contributed by atoms with van der Waals surface area (Å²) >= 11 is 0. The number of nitrogens with zero attached hydrogens (tertiary/aromatic N) is 2. The van der Waals surface area contributed by atoms with Crippen molar-refractivity contribution in [2.45, 2.75) is 26.9 Å². The van der Waals surface area contributed by atoms with E-state index in [0.717, 1.165) is 16.6 Å². The molecule has 0 saturated carbocycles. The van der Waals surface area contributed by atoms with Gasteiger partial charge in [0, 0.05) is 18.2 Å². The first kappa shape index (κ1) is 19.6. The van der Waals surface area contributed by atoms with Crippen LogP contribution in [0.1, 0.15) is 16.8 Å². The summed E-state index contributed by atoms with van der Waals surface area (Å²) < 4.78 is 6.43. The van der Waals surface area contributed by atoms with Crippen molar-refractivity contribution < 1.29 is 9.53 Å². The summed E-state index contributed by atoms with van der Waals surface area (Å²) in [6.07, 6.45) is 0. The number of hydrogen-bond donors (Lipinski definition) is 2. The van der Waals surface area contributed by atoms with E-state index >= 15 is 0 Å². The number of aromatic nitrogens is 2. The van der Waals surface area contributed by atoms with Crippen LogP contribution in [0.4, 0.5) is 10.5 Å². The Balaban J connectivity index is 1.79. The summed E-state index contributed by atoms with van der Waals surface area (Å²) in [6.45, 7) is 4.95. The van der Waals surface area contributed by atoms with Crippen molar-refractivity contribution in [2.75, 3.05) is 19.0 Å². The SMILES string of the molecule is COCCn1nc(CNC(=O)Nc2ccc(C)c(C)c2)c2ccccc2c1=O. The number of fused-ring (bicyclic) bond motifs is 1. The van der Waals surface area contributed by atoms with Crippen LogP contribution in [0.15, 0.2) is 47.3 Å². The van der Waals surface area contributed by atoms with Gasteiger partial charge < -0.3 is 15.4 Å². The van der Waals surface area contributed by atoms with Crippen molar-refractivity contribution in [3.05, 3.63) is 69.6 Å². The van der Waals surface area contributed by atoms with E-state index in [0.29, 0.717) is 24.2 Å². The second kappa shape index (κ2) is 8.67. The molecule has 7 nitrogen and oxygen atoms in total. The van der Waals surface area contributed by atoms with Crippen molar-refractivity contribution in [2.24, 2.45) is 0 Å². The van der Waals surface area contributed by atoms with Crippen molar-refractivity contribution in [1.82, 2.24) is 15.1 Å². The first-order valence-corrected chi connectivity index (χ1v) is 9.09. The molecule has 7 heteroatoms. The Morgan fingerprint density at radius 3 is 2.57 bits per heavy atom. The van der Waals surface area contributed by atoms with E-state index in [1.807, 2.05) is 50.2 Å². The molecule has 2 amide bonds. The molecule has 3 rings (SSSR count). The molecule has 0 aliphatic heterocycles. The number of benzene rings is 2. The molecule has 0 unspecified atom stereocenters. The van der Waals surface area contributed by atoms with Gasteiger partial charge in [0.2, 0.25) is 0 Å². The number of rotatable bonds is 6. The Bertz CT molecular complexity index is 1060. The highest BCUT2D eigenvalue weighted by molar-refractivity contribution is 5.90. The van der Waals surface area contributed by atoms with E-state index in [-0.39, 0.29) is 18.1 Å². The average molecular weight is 380 g/mol. The van der Waals surface area contributed by atoms with Gasteiger partial charge in [-0.25, -0.2) is 9.48 Å². The number of anilines is 1. The van der Waals surface area contributed by atoms with Gasteiger partial charge in [-0.2, -0.15) is 5.10 Å². The minimum absolute atomic E-state index is 0.170. The smallest absolute Gasteiger partial charge is 0.319 e. The van der Waals surface area contributed by atoms with Crippen LogP contribution in [0.25, 0.3) is 10.8 Å². The molecule has 3 aromatic rings. The van der Waals surface area contributed by atoms with Gasteiger partial charge in [-0.05, 0) is 43.2 Å². The zero-order valence-electron chi connectivity index (χ0n) is 16.3. The number of nitrogens with one attached hydrogen (secondary N) is 2. The monoisotopic (exact) mass is 380 g/mol. The number of methoxy groups -OCH3 is 1. The summed E-state index contributed by atoms with van der Waals surface area (Å²) in [5, 5.41) is 11.4. The van der Waals surface area contributed by atoms with Gasteiger partial charge in [0.25, 0.3) is 5.56 Å². The fourth-order valence-corrected chi connectivity index (χ4v) is 2.92. The van der Waals surface area contributed by atoms with E-state index in [2.05, 4.69) is 15.7 Å². The lowest BCUT2D eigenvalue weighted by Gasteiger charge is -2.12. The highest BCUT2D eigenvalue weighted by Gasteiger charge is 2.11. The van der Waals surface area contributed by atoms with Gasteiger partial charge in [0.15, 0.2) is 0 Å². The standard InChI is InChI=1S/C21H24N4O3/c1-14-8-9-16(12-15(14)2)23-21(27)22-13-19-17-6-4-5-7-18(17)20(26)25(24-19)10-11-28-3/h4-9,12H,10-11,13H2,1-3H3,(H2,22,23,27). The third-order valence-electron chi connectivity index (χ3n) is 4.63. The number of aryl methyl sites for hydroxylation is 2. The highest BCUT2D eigenvalue weighted by atomic mass is 16.5. The summed E-state index contributed by atoms with van der Waals surface area (Å²) in [5.74, 6) is 0. The van der Waals surface area contributed by atoms with Gasteiger partial charge in [-0.3, -0.25) is 4.79 Å². The van der Waals surface area contributed by atoms with E-state index < -0.39 is 0 Å². The summed E-state index contributed by atoms with van der Waals surface area (Å²) in [4.78, 5) is 24.9. The molecule has 1 aromatic heterocycles. The van der Waals surface area contributed by atoms with Crippen molar-refractivity contribution in [3.8, 4) is 0 Å². The first-order chi connectivity index (χ1) is 13.5. The maximum atomic E-state index is 12.6. The van der Waals surface area contributed by atoms with Gasteiger partial charge in [-0.1, -0.05) is 24.3 Å². The molecule has 0 atom stereocenters. The lowest BCUT2D eigenvalue weighted by molar-refractivity contribution is 0.181. The largest absolute Gasteiger partial charge is 0.383 e. The molecule has 0 aliphatic rings. The minimum atomic E-state index is -0.330. The maximum absolute atomic E-state index is 12.6. The molecule has 0 fully saturated rings. The van der Waals surface area contributed by atoms with Crippen LogP contribution in [0.5, 0.6) is 0 Å². The zero-order chi connectivity index (χ0) is 20.1. The van der Waals surface area contributed by atoms with Gasteiger partial charge >= 0.3 is 6.03 Å². The van der Waals surface area contributed by atoms with E-state index in [9.17, 15) is 9.59 Å². The molecule has 0 radical (unpaired) electrons. The van der Waals surface area contributed by atoms with Crippen LogP contribution in [-0.2, 0) is 17.8 Å². The number of carbonyl (C=O) groups is 1. The Hall–Kier alpha value is -3.19. The molecule has 0 spiro atoms. The zero-order valence-corrected chi connectivity index (χ0v) is 16.3. The van der Waals surface area contributed by atoms with Crippen LogP contribution < -0.4 is 16.2 Å². The molecular formula is C21H24N4O3. The molecule has 0 aliphatic carbocycles. The first-order valence-electron chi connectivity index (χ1n) is 9.09.